The fourth-order valence-corrected chi connectivity index (χ4v) is 0.830. The van der Waals surface area contributed by atoms with Crippen LogP contribution in [0.15, 0.2) is 28.4 Å². The predicted molar refractivity (Wildman–Crippen MR) is 36.6 cm³/mol. The summed E-state index contributed by atoms with van der Waals surface area (Å²) in [4.78, 5) is 0. The van der Waals surface area contributed by atoms with Gasteiger partial charge in [-0.1, -0.05) is 11.2 Å². The Hall–Kier alpha value is -1.89. The lowest BCUT2D eigenvalue weighted by Gasteiger charge is -1.79. The van der Waals surface area contributed by atoms with E-state index < -0.39 is 0 Å². The number of hydrogen-bond acceptors (Lipinski definition) is 4. The SMILES string of the molecule is N#CN=Nc1cccc2c1O2. The minimum absolute atomic E-state index is 0.615. The maximum absolute atomic E-state index is 8.08. The Labute approximate surface area is 62.7 Å². The highest BCUT2D eigenvalue weighted by Gasteiger charge is 2.23. The van der Waals surface area contributed by atoms with E-state index in [1.165, 1.54) is 0 Å². The summed E-state index contributed by atoms with van der Waals surface area (Å²) in [5.74, 6) is 1.55. The summed E-state index contributed by atoms with van der Waals surface area (Å²) in [7, 11) is 0. The highest BCUT2D eigenvalue weighted by atomic mass is 16.6. The number of nitriles is 1. The molecule has 0 atom stereocenters. The number of para-hydroxylation sites is 1. The van der Waals surface area contributed by atoms with Crippen molar-refractivity contribution in [3.63, 3.8) is 0 Å². The molecule has 1 heterocycles. The van der Waals surface area contributed by atoms with Crippen LogP contribution in [-0.4, -0.2) is 0 Å². The second-order valence-electron chi connectivity index (χ2n) is 2.01. The second kappa shape index (κ2) is 2.06. The van der Waals surface area contributed by atoms with Crippen LogP contribution in [0, 0.1) is 11.5 Å². The molecule has 0 bridgehead atoms. The summed E-state index contributed by atoms with van der Waals surface area (Å²) in [5, 5.41) is 14.9. The molecule has 4 heteroatoms. The normalized spacial score (nSPS) is 11.9. The van der Waals surface area contributed by atoms with Crippen molar-refractivity contribution in [1.29, 1.82) is 5.26 Å². The smallest absolute Gasteiger partial charge is 0.226 e. The molecule has 0 N–H and O–H groups in total. The van der Waals surface area contributed by atoms with Gasteiger partial charge in [0.1, 0.15) is 5.69 Å². The van der Waals surface area contributed by atoms with Crippen LogP contribution in [-0.2, 0) is 0 Å². The van der Waals surface area contributed by atoms with Crippen molar-refractivity contribution in [3.05, 3.63) is 18.2 Å². The number of rotatable bonds is 1. The lowest BCUT2D eigenvalue weighted by atomic mass is 10.3. The van der Waals surface area contributed by atoms with Gasteiger partial charge in [-0.25, -0.2) is 0 Å². The molecule has 0 aromatic heterocycles. The van der Waals surface area contributed by atoms with Crippen molar-refractivity contribution < 1.29 is 4.74 Å². The number of azo groups is 1. The molecule has 0 fully saturated rings. The van der Waals surface area contributed by atoms with Crippen LogP contribution in [0.1, 0.15) is 0 Å². The van der Waals surface area contributed by atoms with Crippen molar-refractivity contribution in [3.8, 4) is 17.7 Å². The van der Waals surface area contributed by atoms with Gasteiger partial charge in [0.15, 0.2) is 11.5 Å². The van der Waals surface area contributed by atoms with Crippen LogP contribution in [0.2, 0.25) is 0 Å². The molecule has 0 aliphatic carbocycles. The van der Waals surface area contributed by atoms with Gasteiger partial charge in [0.05, 0.1) is 0 Å². The van der Waals surface area contributed by atoms with Crippen molar-refractivity contribution in [2.75, 3.05) is 0 Å². The topological polar surface area (TPSA) is 61.0 Å². The molecule has 0 unspecified atom stereocenters. The second-order valence-corrected chi connectivity index (χ2v) is 2.01. The zero-order valence-corrected chi connectivity index (χ0v) is 5.48. The number of benzene rings is 1. The van der Waals surface area contributed by atoms with Gasteiger partial charge in [0.25, 0.3) is 0 Å². The molecule has 0 saturated heterocycles. The quantitative estimate of drug-likeness (QED) is 0.351. The first-order chi connectivity index (χ1) is 5.42. The van der Waals surface area contributed by atoms with E-state index in [0.717, 1.165) is 11.5 Å². The van der Waals surface area contributed by atoms with Crippen molar-refractivity contribution in [1.82, 2.24) is 0 Å². The molecule has 1 aromatic carbocycles. The third-order valence-corrected chi connectivity index (χ3v) is 1.33. The predicted octanol–water partition coefficient (Wildman–Crippen LogP) is 2.36. The van der Waals surface area contributed by atoms with Crippen LogP contribution in [0.5, 0.6) is 11.5 Å². The molecule has 1 aliphatic heterocycles. The molecule has 0 radical (unpaired) electrons. The first-order valence-electron chi connectivity index (χ1n) is 3.02. The summed E-state index contributed by atoms with van der Waals surface area (Å²) in [6.45, 7) is 0. The lowest BCUT2D eigenvalue weighted by Crippen LogP contribution is -1.53. The maximum Gasteiger partial charge on any atom is 0.226 e. The van der Waals surface area contributed by atoms with E-state index in [0.29, 0.717) is 5.69 Å². The monoisotopic (exact) mass is 145 g/mol. The zero-order chi connectivity index (χ0) is 7.68. The van der Waals surface area contributed by atoms with E-state index in [2.05, 4.69) is 10.2 Å². The maximum atomic E-state index is 8.08. The molecule has 1 aliphatic rings. The Morgan fingerprint density at radius 3 is 3.18 bits per heavy atom. The third-order valence-electron chi connectivity index (χ3n) is 1.33. The van der Waals surface area contributed by atoms with E-state index in [4.69, 9.17) is 10.00 Å². The summed E-state index contributed by atoms with van der Waals surface area (Å²) in [6.07, 6.45) is 1.57. The first-order valence-corrected chi connectivity index (χ1v) is 3.02. The number of ether oxygens (including phenoxy) is 1. The number of hydrogen-bond donors (Lipinski definition) is 0. The Kier molecular flexibility index (Phi) is 1.10. The van der Waals surface area contributed by atoms with Gasteiger partial charge < -0.3 is 4.74 Å². The number of nitrogens with zero attached hydrogens (tertiary/aromatic N) is 3. The molecular formula is C7H3N3O. The summed E-state index contributed by atoms with van der Waals surface area (Å²) in [6, 6.07) is 5.38. The molecule has 0 saturated carbocycles. The van der Waals surface area contributed by atoms with Gasteiger partial charge in [-0.2, -0.15) is 5.26 Å². The first kappa shape index (κ1) is 5.86. The summed E-state index contributed by atoms with van der Waals surface area (Å²) < 4.78 is 5.00. The lowest BCUT2D eigenvalue weighted by molar-refractivity contribution is 0.650. The van der Waals surface area contributed by atoms with E-state index in [1.54, 1.807) is 18.3 Å². The largest absolute Gasteiger partial charge is 0.447 e. The van der Waals surface area contributed by atoms with Crippen molar-refractivity contribution >= 4 is 5.69 Å². The van der Waals surface area contributed by atoms with Gasteiger partial charge in [-0.3, -0.25) is 0 Å². The Balaban J connectivity index is 2.36. The van der Waals surface area contributed by atoms with Crippen LogP contribution in [0.3, 0.4) is 0 Å². The van der Waals surface area contributed by atoms with Crippen LogP contribution in [0.25, 0.3) is 0 Å². The van der Waals surface area contributed by atoms with Crippen LogP contribution >= 0.6 is 0 Å². The number of fused-ring (bicyclic) bond motifs is 1. The fraction of sp³-hybridized carbons (Fsp3) is 0. The molecule has 1 aromatic rings. The Morgan fingerprint density at radius 1 is 1.45 bits per heavy atom. The van der Waals surface area contributed by atoms with Gasteiger partial charge in [-0.15, -0.1) is 5.11 Å². The van der Waals surface area contributed by atoms with E-state index >= 15 is 0 Å². The molecule has 2 rings (SSSR count). The molecule has 4 nitrogen and oxygen atoms in total. The Bertz CT molecular complexity index is 364. The van der Waals surface area contributed by atoms with Crippen molar-refractivity contribution in [2.24, 2.45) is 10.2 Å². The highest BCUT2D eigenvalue weighted by Crippen LogP contribution is 2.51. The molecule has 0 spiro atoms. The minimum atomic E-state index is 0.615. The molecule has 0 amide bonds. The standard InChI is InChI=1S/C7H3N3O/c8-4-9-10-5-2-1-3-6-7(5)11-6/h1-3H. The van der Waals surface area contributed by atoms with Gasteiger partial charge in [-0.05, 0) is 12.1 Å². The molecule has 52 valence electrons. The van der Waals surface area contributed by atoms with E-state index in [-0.39, 0.29) is 0 Å². The van der Waals surface area contributed by atoms with Gasteiger partial charge >= 0.3 is 0 Å². The average molecular weight is 145 g/mol. The van der Waals surface area contributed by atoms with E-state index in [1.807, 2.05) is 6.07 Å². The molecule has 11 heavy (non-hydrogen) atoms. The Morgan fingerprint density at radius 2 is 2.36 bits per heavy atom. The van der Waals surface area contributed by atoms with Gasteiger partial charge in [0, 0.05) is 0 Å². The zero-order valence-electron chi connectivity index (χ0n) is 5.48. The highest BCUT2D eigenvalue weighted by molar-refractivity contribution is 5.69. The van der Waals surface area contributed by atoms with E-state index in [9.17, 15) is 0 Å². The fourth-order valence-electron chi connectivity index (χ4n) is 0.830. The van der Waals surface area contributed by atoms with Crippen molar-refractivity contribution in [2.45, 2.75) is 0 Å². The van der Waals surface area contributed by atoms with Crippen LogP contribution in [0.4, 0.5) is 5.69 Å². The summed E-state index contributed by atoms with van der Waals surface area (Å²) >= 11 is 0. The summed E-state index contributed by atoms with van der Waals surface area (Å²) in [5.41, 5.74) is 0.615. The average Bonchev–Trinajstić information content (AvgIpc) is 2.79. The van der Waals surface area contributed by atoms with Crippen LogP contribution < -0.4 is 4.74 Å². The molecular weight excluding hydrogens is 142 g/mol. The minimum Gasteiger partial charge on any atom is -0.447 e. The third kappa shape index (κ3) is 0.923. The van der Waals surface area contributed by atoms with Gasteiger partial charge in [0.2, 0.25) is 6.19 Å².